The largest absolute Gasteiger partial charge is 0.457 e. The molecule has 144 valence electrons. The Labute approximate surface area is 159 Å². The molecule has 0 aliphatic carbocycles. The van der Waals surface area contributed by atoms with Crippen molar-refractivity contribution in [3.8, 4) is 11.5 Å². The predicted molar refractivity (Wildman–Crippen MR) is 105 cm³/mol. The molecule has 7 heteroatoms. The van der Waals surface area contributed by atoms with Crippen LogP contribution in [0.25, 0.3) is 0 Å². The number of pyridine rings is 1. The average molecular weight is 372 g/mol. The number of nitrogens with one attached hydrogen (secondary N) is 1. The molecule has 1 aromatic carbocycles. The highest BCUT2D eigenvalue weighted by Gasteiger charge is 2.02. The van der Waals surface area contributed by atoms with Crippen molar-refractivity contribution in [3.63, 3.8) is 0 Å². The number of ether oxygens (including phenoxy) is 1. The molecule has 0 aliphatic rings. The van der Waals surface area contributed by atoms with Crippen LogP contribution >= 0.6 is 0 Å². The second-order valence-electron chi connectivity index (χ2n) is 5.21. The number of carbonyl (C=O) groups excluding carboxylic acids is 1. The van der Waals surface area contributed by atoms with Crippen LogP contribution in [0, 0.1) is 12.7 Å². The van der Waals surface area contributed by atoms with Gasteiger partial charge in [-0.1, -0.05) is 19.9 Å². The summed E-state index contributed by atoms with van der Waals surface area (Å²) in [6.45, 7) is 5.71. The lowest BCUT2D eigenvalue weighted by atomic mass is 10.2. The number of anilines is 1. The highest BCUT2D eigenvalue weighted by molar-refractivity contribution is 5.73. The third kappa shape index (κ3) is 7.27. The molecule has 2 aromatic heterocycles. The summed E-state index contributed by atoms with van der Waals surface area (Å²) in [5.41, 5.74) is 1.22. The minimum Gasteiger partial charge on any atom is -0.457 e. The number of halogens is 1. The van der Waals surface area contributed by atoms with E-state index in [1.807, 2.05) is 13.8 Å². The molecule has 0 fully saturated rings. The van der Waals surface area contributed by atoms with Gasteiger partial charge in [0.25, 0.3) is 0 Å². The van der Waals surface area contributed by atoms with Crippen LogP contribution in [0.1, 0.15) is 29.8 Å². The van der Waals surface area contributed by atoms with Gasteiger partial charge in [-0.3, -0.25) is 9.48 Å². The van der Waals surface area contributed by atoms with E-state index in [0.29, 0.717) is 28.4 Å². The molecule has 0 bridgehead atoms. The molecule has 6 nitrogen and oxygen atoms in total. The number of nitrogens with zero attached hydrogens (tertiary/aromatic N) is 3. The molecule has 0 spiro atoms. The summed E-state index contributed by atoms with van der Waals surface area (Å²) < 4.78 is 20.4. The number of benzene rings is 1. The molecule has 1 N–H and O–H groups in total. The smallest absolute Gasteiger partial charge is 0.153 e. The van der Waals surface area contributed by atoms with E-state index < -0.39 is 0 Å². The minimum absolute atomic E-state index is 0.273. The van der Waals surface area contributed by atoms with Crippen LogP contribution in [0.4, 0.5) is 10.2 Å². The van der Waals surface area contributed by atoms with Crippen LogP contribution < -0.4 is 10.1 Å². The fourth-order valence-electron chi connectivity index (χ4n) is 1.89. The van der Waals surface area contributed by atoms with Gasteiger partial charge in [0.15, 0.2) is 6.29 Å². The van der Waals surface area contributed by atoms with Gasteiger partial charge in [0.2, 0.25) is 0 Å². The van der Waals surface area contributed by atoms with Crippen LogP contribution in [-0.2, 0) is 7.05 Å². The third-order valence-corrected chi connectivity index (χ3v) is 3.23. The van der Waals surface area contributed by atoms with Crippen molar-refractivity contribution in [2.75, 3.05) is 12.4 Å². The van der Waals surface area contributed by atoms with Gasteiger partial charge in [0.05, 0.1) is 11.8 Å². The lowest BCUT2D eigenvalue weighted by Gasteiger charge is -2.07. The van der Waals surface area contributed by atoms with E-state index in [1.165, 1.54) is 12.3 Å². The molecule has 0 saturated heterocycles. The topological polar surface area (TPSA) is 69.0 Å². The van der Waals surface area contributed by atoms with Gasteiger partial charge in [0.1, 0.15) is 23.1 Å². The van der Waals surface area contributed by atoms with Crippen LogP contribution in [0.3, 0.4) is 0 Å². The first kappa shape index (κ1) is 21.8. The molecule has 0 radical (unpaired) electrons. The summed E-state index contributed by atoms with van der Waals surface area (Å²) in [5, 5.41) is 6.68. The predicted octanol–water partition coefficient (Wildman–Crippen LogP) is 4.62. The van der Waals surface area contributed by atoms with E-state index in [9.17, 15) is 9.18 Å². The molecule has 2 heterocycles. The average Bonchev–Trinajstić information content (AvgIpc) is 3.12. The Morgan fingerprint density at radius 2 is 1.89 bits per heavy atom. The first-order valence-electron chi connectivity index (χ1n) is 8.53. The third-order valence-electron chi connectivity index (χ3n) is 3.23. The molecule has 0 amide bonds. The molecule has 3 rings (SSSR count). The van der Waals surface area contributed by atoms with Crippen molar-refractivity contribution in [1.82, 2.24) is 14.8 Å². The summed E-state index contributed by atoms with van der Waals surface area (Å²) in [5.74, 6) is 1.52. The maximum absolute atomic E-state index is 13.3. The standard InChI is InChI=1S/C13H13FN2O.C5H6N2O.C2H6/c1-9-3-4-10(7-12(9)14)17-11-5-6-16-13(8-11)15-2;1-7-3-5(4-8)2-6-7;1-2/h3-8H,1-2H3,(H,15,16);2-4H,1H3;1-2H3. The molecule has 0 atom stereocenters. The molecule has 27 heavy (non-hydrogen) atoms. The molecular formula is C20H25FN4O2. The Balaban J connectivity index is 0.000000305. The van der Waals surface area contributed by atoms with E-state index in [0.717, 1.165) is 6.29 Å². The second-order valence-corrected chi connectivity index (χ2v) is 5.21. The summed E-state index contributed by atoms with van der Waals surface area (Å²) in [4.78, 5) is 14.0. The van der Waals surface area contributed by atoms with Gasteiger partial charge < -0.3 is 10.1 Å². The van der Waals surface area contributed by atoms with Crippen LogP contribution in [0.5, 0.6) is 11.5 Å². The number of aldehydes is 1. The summed E-state index contributed by atoms with van der Waals surface area (Å²) >= 11 is 0. The van der Waals surface area contributed by atoms with E-state index in [1.54, 1.807) is 62.4 Å². The van der Waals surface area contributed by atoms with Crippen LogP contribution in [0.15, 0.2) is 48.9 Å². The zero-order valence-corrected chi connectivity index (χ0v) is 16.2. The van der Waals surface area contributed by atoms with Crippen molar-refractivity contribution < 1.29 is 13.9 Å². The summed E-state index contributed by atoms with van der Waals surface area (Å²) in [6.07, 6.45) is 5.58. The Kier molecular flexibility index (Phi) is 9.22. The van der Waals surface area contributed by atoms with Crippen LogP contribution in [-0.4, -0.2) is 28.1 Å². The SMILES string of the molecule is CC.CNc1cc(Oc2ccc(C)c(F)c2)ccn1.Cn1cc(C=O)cn1. The van der Waals surface area contributed by atoms with E-state index in [-0.39, 0.29) is 5.82 Å². The molecule has 3 aromatic rings. The van der Waals surface area contributed by atoms with E-state index in [4.69, 9.17) is 4.74 Å². The van der Waals surface area contributed by atoms with Gasteiger partial charge >= 0.3 is 0 Å². The normalized spacial score (nSPS) is 9.26. The Morgan fingerprint density at radius 1 is 1.19 bits per heavy atom. The van der Waals surface area contributed by atoms with Crippen molar-refractivity contribution in [1.29, 1.82) is 0 Å². The Hall–Kier alpha value is -3.22. The van der Waals surface area contributed by atoms with Crippen molar-refractivity contribution in [3.05, 3.63) is 65.9 Å². The number of aromatic nitrogens is 3. The molecular weight excluding hydrogens is 347 g/mol. The lowest BCUT2D eigenvalue weighted by Crippen LogP contribution is -1.93. The second kappa shape index (κ2) is 11.4. The molecule has 0 unspecified atom stereocenters. The zero-order valence-electron chi connectivity index (χ0n) is 16.2. The number of hydrogen-bond donors (Lipinski definition) is 1. The fourth-order valence-corrected chi connectivity index (χ4v) is 1.89. The highest BCUT2D eigenvalue weighted by Crippen LogP contribution is 2.24. The van der Waals surface area contributed by atoms with Crippen molar-refractivity contribution in [2.45, 2.75) is 20.8 Å². The quantitative estimate of drug-likeness (QED) is 0.677. The first-order valence-corrected chi connectivity index (χ1v) is 8.53. The van der Waals surface area contributed by atoms with Gasteiger partial charge in [-0.25, -0.2) is 9.37 Å². The lowest BCUT2D eigenvalue weighted by molar-refractivity contribution is 0.112. The van der Waals surface area contributed by atoms with Crippen molar-refractivity contribution in [2.24, 2.45) is 7.05 Å². The minimum atomic E-state index is -0.273. The zero-order chi connectivity index (χ0) is 20.2. The molecule has 0 saturated carbocycles. The Bertz CT molecular complexity index is 850. The van der Waals surface area contributed by atoms with Crippen LogP contribution in [0.2, 0.25) is 0 Å². The van der Waals surface area contributed by atoms with Gasteiger partial charge in [0, 0.05) is 38.6 Å². The van der Waals surface area contributed by atoms with Gasteiger partial charge in [-0.2, -0.15) is 5.10 Å². The monoisotopic (exact) mass is 372 g/mol. The molecule has 0 aliphatic heterocycles. The van der Waals surface area contributed by atoms with E-state index >= 15 is 0 Å². The first-order chi connectivity index (χ1) is 13.0. The summed E-state index contributed by atoms with van der Waals surface area (Å²) in [7, 11) is 3.55. The van der Waals surface area contributed by atoms with Gasteiger partial charge in [-0.15, -0.1) is 0 Å². The van der Waals surface area contributed by atoms with Crippen molar-refractivity contribution >= 4 is 12.1 Å². The Morgan fingerprint density at radius 3 is 2.41 bits per heavy atom. The highest BCUT2D eigenvalue weighted by atomic mass is 19.1. The number of hydrogen-bond acceptors (Lipinski definition) is 5. The fraction of sp³-hybridized carbons (Fsp3) is 0.250. The number of rotatable bonds is 4. The maximum Gasteiger partial charge on any atom is 0.153 e. The number of carbonyl (C=O) groups is 1. The van der Waals surface area contributed by atoms with E-state index in [2.05, 4.69) is 15.4 Å². The van der Waals surface area contributed by atoms with Gasteiger partial charge in [-0.05, 0) is 24.6 Å². The maximum atomic E-state index is 13.3. The number of aryl methyl sites for hydroxylation is 2. The summed E-state index contributed by atoms with van der Waals surface area (Å²) in [6, 6.07) is 8.26.